The van der Waals surface area contributed by atoms with Gasteiger partial charge >= 0.3 is 0 Å². The number of rotatable bonds is 2. The van der Waals surface area contributed by atoms with E-state index < -0.39 is 0 Å². The van der Waals surface area contributed by atoms with Crippen LogP contribution >= 0.6 is 38.9 Å². The normalized spacial score (nSPS) is 12.8. The topological polar surface area (TPSA) is 0 Å². The summed E-state index contributed by atoms with van der Waals surface area (Å²) in [7, 11) is 0. The van der Waals surface area contributed by atoms with Crippen LogP contribution in [0.3, 0.4) is 0 Å². The van der Waals surface area contributed by atoms with Gasteiger partial charge in [0.05, 0.1) is 5.38 Å². The molecule has 1 heterocycles. The highest BCUT2D eigenvalue weighted by Gasteiger charge is 2.15. The summed E-state index contributed by atoms with van der Waals surface area (Å²) in [6, 6.07) is 8.43. The van der Waals surface area contributed by atoms with E-state index >= 15 is 0 Å². The fraction of sp³-hybridized carbons (Fsp3) is 0.231. The summed E-state index contributed by atoms with van der Waals surface area (Å²) in [6.45, 7) is 4.23. The number of hydrogen-bond acceptors (Lipinski definition) is 1. The number of benzene rings is 1. The van der Waals surface area contributed by atoms with Crippen LogP contribution in [0.5, 0.6) is 0 Å². The van der Waals surface area contributed by atoms with Gasteiger partial charge in [-0.1, -0.05) is 18.2 Å². The van der Waals surface area contributed by atoms with Gasteiger partial charge in [-0.25, -0.2) is 0 Å². The molecule has 0 radical (unpaired) electrons. The molecule has 2 rings (SSSR count). The molecule has 1 aromatic heterocycles. The highest BCUT2D eigenvalue weighted by Crippen LogP contribution is 2.37. The van der Waals surface area contributed by atoms with E-state index in [0.717, 1.165) is 10.0 Å². The Bertz CT molecular complexity index is 504. The van der Waals surface area contributed by atoms with E-state index in [1.807, 2.05) is 6.07 Å². The smallest absolute Gasteiger partial charge is 0.0939 e. The fourth-order valence-corrected chi connectivity index (χ4v) is 3.70. The van der Waals surface area contributed by atoms with Gasteiger partial charge in [0.15, 0.2) is 0 Å². The van der Waals surface area contributed by atoms with E-state index in [2.05, 4.69) is 53.4 Å². The molecular formula is C13H12BrClS. The average molecular weight is 316 g/mol. The first-order valence-corrected chi connectivity index (χ1v) is 7.14. The lowest BCUT2D eigenvalue weighted by Gasteiger charge is -2.11. The first kappa shape index (κ1) is 12.2. The molecule has 1 atom stereocenters. The van der Waals surface area contributed by atoms with Gasteiger partial charge in [-0.15, -0.1) is 22.9 Å². The van der Waals surface area contributed by atoms with Gasteiger partial charge in [0.25, 0.3) is 0 Å². The molecule has 0 aliphatic heterocycles. The minimum atomic E-state index is -0.0614. The molecule has 3 heteroatoms. The molecule has 0 saturated carbocycles. The molecule has 0 fully saturated rings. The SMILES string of the molecule is Cc1ccc(C(Cl)c2sccc2Br)cc1C. The van der Waals surface area contributed by atoms with E-state index in [1.165, 1.54) is 16.0 Å². The lowest BCUT2D eigenvalue weighted by atomic mass is 10.0. The van der Waals surface area contributed by atoms with E-state index in [9.17, 15) is 0 Å². The molecule has 2 aromatic rings. The molecule has 0 aliphatic carbocycles. The molecule has 0 spiro atoms. The Morgan fingerprint density at radius 3 is 2.50 bits per heavy atom. The summed E-state index contributed by atoms with van der Waals surface area (Å²) in [4.78, 5) is 1.17. The minimum Gasteiger partial charge on any atom is -0.146 e. The van der Waals surface area contributed by atoms with Crippen molar-refractivity contribution in [3.05, 3.63) is 55.7 Å². The van der Waals surface area contributed by atoms with E-state index in [1.54, 1.807) is 11.3 Å². The van der Waals surface area contributed by atoms with Crippen LogP contribution < -0.4 is 0 Å². The zero-order chi connectivity index (χ0) is 11.7. The molecule has 0 bridgehead atoms. The Morgan fingerprint density at radius 2 is 1.94 bits per heavy atom. The molecule has 1 aromatic carbocycles. The minimum absolute atomic E-state index is 0.0614. The van der Waals surface area contributed by atoms with Crippen LogP contribution in [0.15, 0.2) is 34.1 Å². The van der Waals surface area contributed by atoms with Crippen LogP contribution in [0, 0.1) is 13.8 Å². The third-order valence-corrected chi connectivity index (χ3v) is 5.23. The highest BCUT2D eigenvalue weighted by molar-refractivity contribution is 9.10. The first-order chi connectivity index (χ1) is 7.59. The summed E-state index contributed by atoms with van der Waals surface area (Å²) in [5, 5.41) is 1.99. The van der Waals surface area contributed by atoms with Crippen molar-refractivity contribution in [2.45, 2.75) is 19.2 Å². The zero-order valence-electron chi connectivity index (χ0n) is 9.13. The van der Waals surface area contributed by atoms with E-state index in [4.69, 9.17) is 11.6 Å². The van der Waals surface area contributed by atoms with Crippen molar-refractivity contribution in [1.82, 2.24) is 0 Å². The summed E-state index contributed by atoms with van der Waals surface area (Å²) >= 11 is 11.7. The largest absolute Gasteiger partial charge is 0.146 e. The Labute approximate surface area is 113 Å². The van der Waals surface area contributed by atoms with Gasteiger partial charge in [-0.05, 0) is 57.9 Å². The number of halogens is 2. The van der Waals surface area contributed by atoms with Crippen molar-refractivity contribution in [2.24, 2.45) is 0 Å². The van der Waals surface area contributed by atoms with Crippen molar-refractivity contribution in [1.29, 1.82) is 0 Å². The van der Waals surface area contributed by atoms with Crippen molar-refractivity contribution in [3.8, 4) is 0 Å². The van der Waals surface area contributed by atoms with E-state index in [0.29, 0.717) is 0 Å². The zero-order valence-corrected chi connectivity index (χ0v) is 12.3. The van der Waals surface area contributed by atoms with Crippen molar-refractivity contribution in [2.75, 3.05) is 0 Å². The van der Waals surface area contributed by atoms with Crippen LogP contribution in [0.1, 0.15) is 26.9 Å². The summed E-state index contributed by atoms with van der Waals surface area (Å²) in [5.74, 6) is 0. The lowest BCUT2D eigenvalue weighted by molar-refractivity contribution is 1.15. The Morgan fingerprint density at radius 1 is 1.19 bits per heavy atom. The third kappa shape index (κ3) is 2.34. The predicted octanol–water partition coefficient (Wildman–Crippen LogP) is 5.46. The van der Waals surface area contributed by atoms with Crippen LogP contribution in [-0.4, -0.2) is 0 Å². The van der Waals surface area contributed by atoms with Crippen molar-refractivity contribution < 1.29 is 0 Å². The van der Waals surface area contributed by atoms with Crippen molar-refractivity contribution in [3.63, 3.8) is 0 Å². The van der Waals surface area contributed by atoms with Gasteiger partial charge in [0.2, 0.25) is 0 Å². The molecule has 0 nitrogen and oxygen atoms in total. The quantitative estimate of drug-likeness (QED) is 0.646. The van der Waals surface area contributed by atoms with Gasteiger partial charge < -0.3 is 0 Å². The van der Waals surface area contributed by atoms with E-state index in [-0.39, 0.29) is 5.38 Å². The maximum atomic E-state index is 6.48. The summed E-state index contributed by atoms with van der Waals surface area (Å²) in [6.07, 6.45) is 0. The monoisotopic (exact) mass is 314 g/mol. The van der Waals surface area contributed by atoms with Gasteiger partial charge in [-0.3, -0.25) is 0 Å². The number of alkyl halides is 1. The standard InChI is InChI=1S/C13H12BrClS/c1-8-3-4-10(7-9(8)2)12(15)13-11(14)5-6-16-13/h3-7,12H,1-2H3. The molecule has 0 aliphatic rings. The van der Waals surface area contributed by atoms with Gasteiger partial charge in [0.1, 0.15) is 0 Å². The maximum absolute atomic E-state index is 6.48. The Balaban J connectivity index is 2.38. The second-order valence-corrected chi connectivity index (χ2v) is 6.08. The molecule has 16 heavy (non-hydrogen) atoms. The highest BCUT2D eigenvalue weighted by atomic mass is 79.9. The van der Waals surface area contributed by atoms with Crippen molar-refractivity contribution >= 4 is 38.9 Å². The average Bonchev–Trinajstić information content (AvgIpc) is 2.67. The fourth-order valence-electron chi connectivity index (χ4n) is 1.56. The summed E-state index contributed by atoms with van der Waals surface area (Å²) in [5.41, 5.74) is 3.75. The Hall–Kier alpha value is -0.310. The predicted molar refractivity (Wildman–Crippen MR) is 75.6 cm³/mol. The molecular weight excluding hydrogens is 304 g/mol. The molecule has 0 saturated heterocycles. The summed E-state index contributed by atoms with van der Waals surface area (Å²) < 4.78 is 1.09. The number of hydrogen-bond donors (Lipinski definition) is 0. The second-order valence-electron chi connectivity index (χ2n) is 3.84. The maximum Gasteiger partial charge on any atom is 0.0939 e. The molecule has 84 valence electrons. The second kappa shape index (κ2) is 4.91. The lowest BCUT2D eigenvalue weighted by Crippen LogP contribution is -1.93. The molecule has 1 unspecified atom stereocenters. The third-order valence-electron chi connectivity index (χ3n) is 2.70. The van der Waals surface area contributed by atoms with Gasteiger partial charge in [-0.2, -0.15) is 0 Å². The van der Waals surface area contributed by atoms with Crippen LogP contribution in [0.25, 0.3) is 0 Å². The first-order valence-electron chi connectivity index (χ1n) is 5.03. The van der Waals surface area contributed by atoms with Gasteiger partial charge in [0, 0.05) is 9.35 Å². The van der Waals surface area contributed by atoms with Crippen LogP contribution in [0.4, 0.5) is 0 Å². The number of aryl methyl sites for hydroxylation is 2. The number of thiophene rings is 1. The van der Waals surface area contributed by atoms with Crippen LogP contribution in [-0.2, 0) is 0 Å². The van der Waals surface area contributed by atoms with Crippen LogP contribution in [0.2, 0.25) is 0 Å². The Kier molecular flexibility index (Phi) is 3.73. The molecule has 0 amide bonds. The molecule has 0 N–H and O–H groups in total.